The van der Waals surface area contributed by atoms with Crippen LogP contribution in [-0.4, -0.2) is 40.4 Å². The summed E-state index contributed by atoms with van der Waals surface area (Å²) in [7, 11) is 0. The van der Waals surface area contributed by atoms with Gasteiger partial charge in [-0.05, 0) is 30.5 Å². The number of amides is 2. The number of alkyl halides is 3. The highest BCUT2D eigenvalue weighted by Gasteiger charge is 2.30. The van der Waals surface area contributed by atoms with Crippen LogP contribution in [-0.2, 0) is 22.3 Å². The van der Waals surface area contributed by atoms with E-state index in [0.29, 0.717) is 25.9 Å². The molecule has 0 spiro atoms. The van der Waals surface area contributed by atoms with Gasteiger partial charge >= 0.3 is 6.18 Å². The lowest BCUT2D eigenvalue weighted by Gasteiger charge is -2.17. The van der Waals surface area contributed by atoms with Crippen LogP contribution in [0.2, 0.25) is 0 Å². The number of primary amides is 1. The molecule has 8 N–H and O–H groups in total. The third-order valence-corrected chi connectivity index (χ3v) is 5.20. The van der Waals surface area contributed by atoms with Crippen molar-refractivity contribution in [3.8, 4) is 0 Å². The summed E-state index contributed by atoms with van der Waals surface area (Å²) in [6.07, 6.45) is 3.10. The molecule has 1 aromatic carbocycles. The summed E-state index contributed by atoms with van der Waals surface area (Å²) in [5.74, 6) is 5.37. The maximum Gasteiger partial charge on any atom is 0.416 e. The van der Waals surface area contributed by atoms with Gasteiger partial charge in [-0.1, -0.05) is 48.6 Å². The second kappa shape index (κ2) is 17.1. The van der Waals surface area contributed by atoms with Crippen LogP contribution in [0, 0.1) is 5.53 Å². The average molecular weight is 550 g/mol. The van der Waals surface area contributed by atoms with Crippen LogP contribution in [0.5, 0.6) is 0 Å². The molecule has 2 amide bonds. The molecule has 2 rings (SSSR count). The fourth-order valence-electron chi connectivity index (χ4n) is 3.15. The van der Waals surface area contributed by atoms with E-state index in [1.165, 1.54) is 16.2 Å². The first-order valence-electron chi connectivity index (χ1n) is 11.8. The molecule has 1 unspecified atom stereocenters. The van der Waals surface area contributed by atoms with E-state index in [-0.39, 0.29) is 30.3 Å². The molecule has 1 heterocycles. The number of carbonyl (C=O) groups is 2. The Morgan fingerprint density at radius 3 is 2.46 bits per heavy atom. The molecule has 0 saturated carbocycles. The van der Waals surface area contributed by atoms with Crippen molar-refractivity contribution in [1.82, 2.24) is 20.3 Å². The normalized spacial score (nSPS) is 12.2. The number of nitrogens with two attached hydrogens (primary N) is 3. The van der Waals surface area contributed by atoms with E-state index in [4.69, 9.17) is 21.9 Å². The van der Waals surface area contributed by atoms with Crippen molar-refractivity contribution in [2.45, 2.75) is 38.4 Å². The van der Waals surface area contributed by atoms with Gasteiger partial charge in [-0.2, -0.15) is 18.7 Å². The molecule has 212 valence electrons. The number of carbonyl (C=O) groups excluding carboxylic acids is 2. The van der Waals surface area contributed by atoms with Crippen LogP contribution in [0.3, 0.4) is 0 Å². The highest BCUT2D eigenvalue weighted by molar-refractivity contribution is 5.92. The summed E-state index contributed by atoms with van der Waals surface area (Å²) < 4.78 is 38.3. The second-order valence-corrected chi connectivity index (χ2v) is 8.19. The lowest BCUT2D eigenvalue weighted by atomic mass is 10.0. The van der Waals surface area contributed by atoms with Gasteiger partial charge in [-0.3, -0.25) is 19.6 Å². The van der Waals surface area contributed by atoms with Gasteiger partial charge < -0.3 is 21.8 Å². The summed E-state index contributed by atoms with van der Waals surface area (Å²) >= 11 is 0. The molecule has 0 aliphatic rings. The van der Waals surface area contributed by atoms with Crippen LogP contribution in [0.4, 0.5) is 13.2 Å². The Morgan fingerprint density at radius 2 is 1.85 bits per heavy atom. The first-order valence-corrected chi connectivity index (χ1v) is 11.8. The first-order chi connectivity index (χ1) is 18.5. The summed E-state index contributed by atoms with van der Waals surface area (Å²) in [5, 5.41) is 8.71. The Bertz CT molecular complexity index is 1100. The number of halogens is 3. The van der Waals surface area contributed by atoms with Crippen molar-refractivity contribution in [2.24, 2.45) is 22.5 Å². The Hall–Kier alpha value is -4.46. The lowest BCUT2D eigenvalue weighted by molar-refractivity contribution is -0.137. The Labute approximate surface area is 225 Å². The minimum Gasteiger partial charge on any atom is -0.393 e. The van der Waals surface area contributed by atoms with Gasteiger partial charge in [0.2, 0.25) is 6.41 Å². The maximum absolute atomic E-state index is 12.8. The van der Waals surface area contributed by atoms with Crippen LogP contribution in [0.15, 0.2) is 78.1 Å². The van der Waals surface area contributed by atoms with Crippen molar-refractivity contribution >= 4 is 12.3 Å². The van der Waals surface area contributed by atoms with Crippen molar-refractivity contribution in [3.63, 3.8) is 0 Å². The predicted molar refractivity (Wildman–Crippen MR) is 140 cm³/mol. The van der Waals surface area contributed by atoms with E-state index in [2.05, 4.69) is 28.2 Å². The summed E-state index contributed by atoms with van der Waals surface area (Å²) in [4.78, 5) is 24.5. The highest BCUT2D eigenvalue weighted by atomic mass is 19.4. The van der Waals surface area contributed by atoms with Gasteiger partial charge in [0.1, 0.15) is 5.70 Å². The number of nitrogens with one attached hydrogen (secondary N) is 2. The summed E-state index contributed by atoms with van der Waals surface area (Å²) in [6, 6.07) is 11.7. The highest BCUT2D eigenvalue weighted by Crippen LogP contribution is 2.28. The van der Waals surface area contributed by atoms with Crippen LogP contribution < -0.4 is 22.6 Å². The van der Waals surface area contributed by atoms with Gasteiger partial charge in [0, 0.05) is 37.6 Å². The van der Waals surface area contributed by atoms with E-state index >= 15 is 0 Å². The largest absolute Gasteiger partial charge is 0.416 e. The predicted octanol–water partition coefficient (Wildman–Crippen LogP) is 3.14. The molecular weight excluding hydrogens is 515 g/mol. The summed E-state index contributed by atoms with van der Waals surface area (Å²) in [5.41, 5.74) is 17.4. The zero-order chi connectivity index (χ0) is 29.3. The number of benzene rings is 1. The van der Waals surface area contributed by atoms with Gasteiger partial charge in [-0.25, -0.2) is 5.84 Å². The van der Waals surface area contributed by atoms with Crippen LogP contribution >= 0.6 is 0 Å². The molecule has 0 aliphatic carbocycles. The number of unbranched alkanes of at least 4 members (excludes halogenated alkanes) is 1. The monoisotopic (exact) mass is 549 g/mol. The van der Waals surface area contributed by atoms with Gasteiger partial charge in [0.15, 0.2) is 0 Å². The third kappa shape index (κ3) is 13.1. The van der Waals surface area contributed by atoms with Gasteiger partial charge in [0.05, 0.1) is 17.8 Å². The van der Waals surface area contributed by atoms with E-state index in [0.717, 1.165) is 23.9 Å². The number of rotatable bonds is 13. The van der Waals surface area contributed by atoms with E-state index in [1.54, 1.807) is 6.20 Å². The number of hydrogen-bond acceptors (Lipinski definition) is 8. The zero-order valence-corrected chi connectivity index (χ0v) is 21.5. The molecule has 1 aromatic heterocycles. The molecule has 1 atom stereocenters. The minimum atomic E-state index is -4.50. The van der Waals surface area contributed by atoms with E-state index < -0.39 is 17.6 Å². The Morgan fingerprint density at radius 1 is 1.21 bits per heavy atom. The number of allylic oxidation sites excluding steroid dienone is 1. The number of pyridine rings is 1. The first kappa shape index (κ1) is 32.6. The number of hydrazine groups is 1. The SMILES string of the molecule is CC(/C=C/N(CCCCN(N)/C=C(\N)C(=O)NCc1cc(C(F)(F)F)ccn1)N=N)c1ccccc1.NC=O. The van der Waals surface area contributed by atoms with Crippen molar-refractivity contribution in [1.29, 1.82) is 5.53 Å². The maximum atomic E-state index is 12.8. The number of nitrogens with zero attached hydrogens (tertiary/aromatic N) is 4. The topological polar surface area (TPSA) is 180 Å². The molecule has 2 aromatic rings. The molecule has 0 saturated heterocycles. The second-order valence-electron chi connectivity index (χ2n) is 8.19. The molecular formula is C25H34F3N9O2. The minimum absolute atomic E-state index is 0.0483. The van der Waals surface area contributed by atoms with Crippen molar-refractivity contribution in [3.05, 3.63) is 89.7 Å². The van der Waals surface area contributed by atoms with E-state index in [9.17, 15) is 18.0 Å². The summed E-state index contributed by atoms with van der Waals surface area (Å²) in [6.45, 7) is 2.74. The van der Waals surface area contributed by atoms with Crippen LogP contribution in [0.1, 0.15) is 42.5 Å². The smallest absolute Gasteiger partial charge is 0.393 e. The molecule has 11 nitrogen and oxygen atoms in total. The molecule has 0 fully saturated rings. The molecule has 0 radical (unpaired) electrons. The zero-order valence-electron chi connectivity index (χ0n) is 21.5. The fraction of sp³-hybridized carbons (Fsp3) is 0.320. The third-order valence-electron chi connectivity index (χ3n) is 5.20. The standard InChI is InChI=1S/C24H31F3N8O.CH3NO/c1-18(19-7-3-2-4-8-19)10-14-35(33-29)13-6-5-12-34(30)17-22(28)23(36)32-16-21-15-20(9-11-31-21)24(25,26)27;2-1-3/h2-4,7-11,14-15,17-18,29H,5-6,12-13,16,28,30H2,1H3,(H,32,36);1H,(H2,2,3)/b14-10+,22-17-,33-29?;. The van der Waals surface area contributed by atoms with E-state index in [1.807, 2.05) is 36.4 Å². The Balaban J connectivity index is 0.00000242. The lowest BCUT2D eigenvalue weighted by Crippen LogP contribution is -2.33. The molecule has 0 aliphatic heterocycles. The number of hydrogen-bond donors (Lipinski definition) is 5. The molecule has 39 heavy (non-hydrogen) atoms. The Kier molecular flexibility index (Phi) is 14.3. The molecule has 14 heteroatoms. The average Bonchev–Trinajstić information content (AvgIpc) is 2.91. The van der Waals surface area contributed by atoms with Gasteiger partial charge in [0.25, 0.3) is 5.91 Å². The van der Waals surface area contributed by atoms with Crippen molar-refractivity contribution < 1.29 is 22.8 Å². The fourth-order valence-corrected chi connectivity index (χ4v) is 3.15. The van der Waals surface area contributed by atoms with Gasteiger partial charge in [-0.15, -0.1) is 0 Å². The number of aromatic nitrogens is 1. The quantitative estimate of drug-likeness (QED) is 0.0635. The van der Waals surface area contributed by atoms with Crippen LogP contribution in [0.25, 0.3) is 0 Å². The van der Waals surface area contributed by atoms with Crippen molar-refractivity contribution in [2.75, 3.05) is 13.1 Å². The molecule has 0 bridgehead atoms.